The van der Waals surface area contributed by atoms with Crippen LogP contribution in [0.25, 0.3) is 0 Å². The highest BCUT2D eigenvalue weighted by molar-refractivity contribution is 8.01. The van der Waals surface area contributed by atoms with Crippen LogP contribution in [-0.2, 0) is 27.4 Å². The van der Waals surface area contributed by atoms with Gasteiger partial charge in [-0.05, 0) is 19.8 Å². The van der Waals surface area contributed by atoms with E-state index in [9.17, 15) is 14.4 Å². The van der Waals surface area contributed by atoms with E-state index in [1.165, 1.54) is 84.0 Å². The van der Waals surface area contributed by atoms with Gasteiger partial charge in [-0.15, -0.1) is 11.8 Å². The van der Waals surface area contributed by atoms with E-state index < -0.39 is 6.09 Å². The SMILES string of the molecule is CCCCCCCCCCCCCCCCNC(=O)OC[C@@H]1C[C@@H](COC(=O)N(Cc2cccc[n+]2CC)C(C)=O)S1.[Cl-]. The number of amides is 3. The van der Waals surface area contributed by atoms with E-state index in [2.05, 4.69) is 12.2 Å². The first-order chi connectivity index (χ1) is 20.4. The third-order valence-corrected chi connectivity index (χ3v) is 9.23. The minimum Gasteiger partial charge on any atom is -1.00 e. The Labute approximate surface area is 270 Å². The number of nitrogens with zero attached hydrogens (tertiary/aromatic N) is 2. The second kappa shape index (κ2) is 24.3. The summed E-state index contributed by atoms with van der Waals surface area (Å²) in [7, 11) is 0. The van der Waals surface area contributed by atoms with Gasteiger partial charge < -0.3 is 27.2 Å². The van der Waals surface area contributed by atoms with Crippen LogP contribution in [0.5, 0.6) is 0 Å². The molecule has 0 spiro atoms. The highest BCUT2D eigenvalue weighted by Gasteiger charge is 2.33. The standard InChI is InChI=1S/C33H55N3O5S.ClH/c1-4-6-7-8-9-10-11-12-13-14-15-16-17-19-22-34-32(38)40-26-30-24-31(42-30)27-41-33(39)36(28(3)37)25-29-21-18-20-23-35(29)5-2;/h18,20-21,23,30-31H,4-17,19,22,24-27H2,1-3H3;1H/t30-,31-;/m0./s1. The molecule has 10 heteroatoms. The van der Waals surface area contributed by atoms with E-state index in [1.807, 2.05) is 35.9 Å². The summed E-state index contributed by atoms with van der Waals surface area (Å²) < 4.78 is 12.8. The van der Waals surface area contributed by atoms with Crippen molar-refractivity contribution in [2.45, 2.75) is 141 Å². The zero-order valence-electron chi connectivity index (χ0n) is 26.8. The van der Waals surface area contributed by atoms with Crippen LogP contribution in [0.1, 0.15) is 123 Å². The van der Waals surface area contributed by atoms with Gasteiger partial charge in [-0.2, -0.15) is 0 Å². The molecule has 1 N–H and O–H groups in total. The summed E-state index contributed by atoms with van der Waals surface area (Å²) in [6.07, 6.45) is 20.2. The zero-order chi connectivity index (χ0) is 30.4. The molecule has 1 aliphatic heterocycles. The van der Waals surface area contributed by atoms with E-state index in [0.29, 0.717) is 13.2 Å². The van der Waals surface area contributed by atoms with Crippen molar-refractivity contribution >= 4 is 29.9 Å². The molecule has 8 nitrogen and oxygen atoms in total. The molecule has 0 aromatic carbocycles. The van der Waals surface area contributed by atoms with Crippen LogP contribution < -0.4 is 22.3 Å². The van der Waals surface area contributed by atoms with Gasteiger partial charge in [-0.25, -0.2) is 19.1 Å². The number of hydrogen-bond donors (Lipinski definition) is 1. The maximum atomic E-state index is 12.6. The molecule has 246 valence electrons. The first kappa shape index (κ1) is 39.0. The normalized spacial score (nSPS) is 15.6. The predicted octanol–water partition coefficient (Wildman–Crippen LogP) is 4.56. The monoisotopic (exact) mass is 641 g/mol. The molecule has 1 fully saturated rings. The number of imide groups is 1. The molecule has 43 heavy (non-hydrogen) atoms. The number of carbonyl (C=O) groups excluding carboxylic acids is 3. The highest BCUT2D eigenvalue weighted by Crippen LogP contribution is 2.36. The van der Waals surface area contributed by atoms with E-state index >= 15 is 0 Å². The smallest absolute Gasteiger partial charge is 0.417 e. The molecular formula is C33H56ClN3O5S. The number of alkyl carbamates (subject to hydrolysis) is 1. The van der Waals surface area contributed by atoms with Crippen molar-refractivity contribution in [1.82, 2.24) is 10.2 Å². The highest BCUT2D eigenvalue weighted by atomic mass is 35.5. The number of halogens is 1. The Balaban J connectivity index is 0.00000924. The van der Waals surface area contributed by atoms with Gasteiger partial charge in [0.15, 0.2) is 6.20 Å². The molecule has 0 bridgehead atoms. The third kappa shape index (κ3) is 17.2. The Morgan fingerprint density at radius 1 is 0.860 bits per heavy atom. The summed E-state index contributed by atoms with van der Waals surface area (Å²) in [6.45, 7) is 7.81. The van der Waals surface area contributed by atoms with Crippen molar-refractivity contribution in [2.24, 2.45) is 0 Å². The molecule has 2 rings (SSSR count). The Hall–Kier alpha value is -2.00. The van der Waals surface area contributed by atoms with Gasteiger partial charge in [-0.1, -0.05) is 96.5 Å². The topological polar surface area (TPSA) is 88.8 Å². The Bertz CT molecular complexity index is 916. The molecule has 1 aromatic heterocycles. The molecule has 3 amide bonds. The lowest BCUT2D eigenvalue weighted by molar-refractivity contribution is -0.701. The minimum absolute atomic E-state index is 0. The number of thioether (sulfide) groups is 1. The average Bonchev–Trinajstić information content (AvgIpc) is 2.96. The fraction of sp³-hybridized carbons (Fsp3) is 0.758. The lowest BCUT2D eigenvalue weighted by atomic mass is 10.0. The zero-order valence-corrected chi connectivity index (χ0v) is 28.4. The van der Waals surface area contributed by atoms with Crippen molar-refractivity contribution in [1.29, 1.82) is 0 Å². The summed E-state index contributed by atoms with van der Waals surface area (Å²) in [4.78, 5) is 37.8. The number of pyridine rings is 1. The minimum atomic E-state index is -0.628. The quantitative estimate of drug-likeness (QED) is 0.148. The van der Waals surface area contributed by atoms with Gasteiger partial charge in [-0.3, -0.25) is 4.79 Å². The molecule has 0 unspecified atom stereocenters. The summed E-state index contributed by atoms with van der Waals surface area (Å²) in [5.74, 6) is -0.348. The number of aryl methyl sites for hydroxylation is 1. The molecule has 0 radical (unpaired) electrons. The van der Waals surface area contributed by atoms with E-state index in [0.717, 1.165) is 36.4 Å². The molecule has 0 saturated carbocycles. The van der Waals surface area contributed by atoms with Crippen LogP contribution in [0.3, 0.4) is 0 Å². The fourth-order valence-corrected chi connectivity index (χ4v) is 6.34. The van der Waals surface area contributed by atoms with Gasteiger partial charge in [0.2, 0.25) is 11.6 Å². The number of carbonyl (C=O) groups is 3. The summed E-state index contributed by atoms with van der Waals surface area (Å²) >= 11 is 1.65. The average molecular weight is 642 g/mol. The van der Waals surface area contributed by atoms with Crippen LogP contribution in [-0.4, -0.2) is 53.3 Å². The molecule has 2 atom stereocenters. The number of nitrogens with one attached hydrogen (secondary N) is 1. The van der Waals surface area contributed by atoms with Crippen LogP contribution >= 0.6 is 11.8 Å². The van der Waals surface area contributed by atoms with Crippen molar-refractivity contribution < 1.29 is 40.8 Å². The number of aromatic nitrogens is 1. The Morgan fingerprint density at radius 3 is 1.93 bits per heavy atom. The van der Waals surface area contributed by atoms with E-state index in [-0.39, 0.29) is 48.1 Å². The van der Waals surface area contributed by atoms with Gasteiger partial charge in [0.25, 0.3) is 0 Å². The Kier molecular flexibility index (Phi) is 22.1. The molecule has 0 aliphatic carbocycles. The van der Waals surface area contributed by atoms with Crippen LogP contribution in [0.4, 0.5) is 9.59 Å². The van der Waals surface area contributed by atoms with Crippen molar-refractivity contribution in [3.8, 4) is 0 Å². The van der Waals surface area contributed by atoms with Crippen LogP contribution in [0.2, 0.25) is 0 Å². The fourth-order valence-electron chi connectivity index (χ4n) is 5.17. The molecule has 2 heterocycles. The summed E-state index contributed by atoms with van der Waals surface area (Å²) in [5.41, 5.74) is 0.866. The molecule has 1 aliphatic rings. The van der Waals surface area contributed by atoms with Gasteiger partial charge in [0.1, 0.15) is 26.3 Å². The van der Waals surface area contributed by atoms with Gasteiger partial charge in [0.05, 0.1) is 0 Å². The lowest BCUT2D eigenvalue weighted by Gasteiger charge is -2.34. The van der Waals surface area contributed by atoms with Crippen LogP contribution in [0.15, 0.2) is 24.4 Å². The second-order valence-corrected chi connectivity index (χ2v) is 13.0. The Morgan fingerprint density at radius 2 is 1.40 bits per heavy atom. The third-order valence-electron chi connectivity index (χ3n) is 7.80. The largest absolute Gasteiger partial charge is 1.00 e. The number of rotatable bonds is 22. The van der Waals surface area contributed by atoms with Crippen molar-refractivity contribution in [3.63, 3.8) is 0 Å². The van der Waals surface area contributed by atoms with Crippen molar-refractivity contribution in [2.75, 3.05) is 19.8 Å². The number of ether oxygens (including phenoxy) is 2. The molecule has 1 saturated heterocycles. The first-order valence-electron chi connectivity index (χ1n) is 16.4. The summed E-state index contributed by atoms with van der Waals surface area (Å²) in [5, 5.41) is 3.20. The van der Waals surface area contributed by atoms with Crippen molar-refractivity contribution in [3.05, 3.63) is 30.1 Å². The number of unbranched alkanes of at least 4 members (excludes halogenated alkanes) is 13. The molecular weight excluding hydrogens is 586 g/mol. The van der Waals surface area contributed by atoms with Gasteiger partial charge >= 0.3 is 12.2 Å². The van der Waals surface area contributed by atoms with Crippen LogP contribution in [0, 0.1) is 0 Å². The van der Waals surface area contributed by atoms with E-state index in [1.54, 1.807) is 11.8 Å². The lowest BCUT2D eigenvalue weighted by Crippen LogP contribution is -3.00. The maximum Gasteiger partial charge on any atom is 0.417 e. The first-order valence-corrected chi connectivity index (χ1v) is 17.4. The maximum absolute atomic E-state index is 12.6. The van der Waals surface area contributed by atoms with E-state index in [4.69, 9.17) is 9.47 Å². The van der Waals surface area contributed by atoms with Gasteiger partial charge in [0, 0.05) is 36.1 Å². The second-order valence-electron chi connectivity index (χ2n) is 11.4. The number of hydrogen-bond acceptors (Lipinski definition) is 6. The summed E-state index contributed by atoms with van der Waals surface area (Å²) in [6, 6.07) is 5.70. The predicted molar refractivity (Wildman–Crippen MR) is 169 cm³/mol. The molecule has 1 aromatic rings.